The molecule has 312 valence electrons. The molecule has 2 amide bonds. The van der Waals surface area contributed by atoms with Crippen molar-refractivity contribution in [3.8, 4) is 11.5 Å². The number of ether oxygens (including phenoxy) is 3. The molecular formula is C48H48N4O8Si. The Kier molecular flexibility index (Phi) is 9.40. The number of rotatable bonds is 8. The SMILES string of the molecule is COc1ccc2c(c1)[C@]1(C[C@H]1c1ccc3c(Nc4cccc5c4OCC5O[Si](c4ccccc4)(c4ccccc4)C(C)(C)C)nn(C(=O)OC(C)(C)C)c3c1)C(=O)N2C(=O)O. The first kappa shape index (κ1) is 40.0. The number of nitrogens with one attached hydrogen (secondary N) is 1. The van der Waals surface area contributed by atoms with Crippen LogP contribution in [0, 0.1) is 0 Å². The zero-order valence-electron chi connectivity index (χ0n) is 35.2. The Hall–Kier alpha value is -6.44. The lowest BCUT2D eigenvalue weighted by atomic mass is 9.91. The summed E-state index contributed by atoms with van der Waals surface area (Å²) in [5, 5.41) is 21.1. The highest BCUT2D eigenvalue weighted by Gasteiger charge is 2.68. The van der Waals surface area contributed by atoms with Gasteiger partial charge < -0.3 is 29.1 Å². The van der Waals surface area contributed by atoms with Crippen molar-refractivity contribution in [2.75, 3.05) is 23.9 Å². The van der Waals surface area contributed by atoms with Gasteiger partial charge in [0.15, 0.2) is 5.82 Å². The normalized spacial score (nSPS) is 19.4. The Labute approximate surface area is 355 Å². The monoisotopic (exact) mass is 836 g/mol. The number of methoxy groups -OCH3 is 1. The molecule has 1 spiro atoms. The van der Waals surface area contributed by atoms with Crippen molar-refractivity contribution in [3.63, 3.8) is 0 Å². The minimum atomic E-state index is -2.93. The molecule has 0 bridgehead atoms. The van der Waals surface area contributed by atoms with E-state index in [1.165, 1.54) is 22.2 Å². The van der Waals surface area contributed by atoms with E-state index in [1.807, 2.05) is 48.5 Å². The zero-order valence-corrected chi connectivity index (χ0v) is 36.2. The van der Waals surface area contributed by atoms with E-state index in [2.05, 4.69) is 74.6 Å². The highest BCUT2D eigenvalue weighted by atomic mass is 28.4. The zero-order chi connectivity index (χ0) is 43.1. The van der Waals surface area contributed by atoms with Crippen LogP contribution < -0.4 is 30.1 Å². The van der Waals surface area contributed by atoms with E-state index >= 15 is 0 Å². The highest BCUT2D eigenvalue weighted by Crippen LogP contribution is 2.67. The predicted molar refractivity (Wildman–Crippen MR) is 236 cm³/mol. The summed E-state index contributed by atoms with van der Waals surface area (Å²) in [6, 6.07) is 37.5. The van der Waals surface area contributed by atoms with Crippen LogP contribution in [0.2, 0.25) is 5.04 Å². The summed E-state index contributed by atoms with van der Waals surface area (Å²) in [4.78, 5) is 41.0. The molecule has 3 atom stereocenters. The lowest BCUT2D eigenvalue weighted by Crippen LogP contribution is -2.67. The van der Waals surface area contributed by atoms with Crippen LogP contribution in [0.15, 0.2) is 115 Å². The third-order valence-electron chi connectivity index (χ3n) is 12.1. The van der Waals surface area contributed by atoms with E-state index in [0.29, 0.717) is 58.2 Å². The van der Waals surface area contributed by atoms with Crippen molar-refractivity contribution in [1.82, 2.24) is 9.78 Å². The van der Waals surface area contributed by atoms with Gasteiger partial charge in [0.2, 0.25) is 5.91 Å². The number of benzene rings is 5. The van der Waals surface area contributed by atoms with Crippen molar-refractivity contribution >= 4 is 64.9 Å². The lowest BCUT2D eigenvalue weighted by molar-refractivity contribution is -0.119. The fourth-order valence-corrected chi connectivity index (χ4v) is 14.0. The number of carboxylic acid groups (broad SMARTS) is 1. The summed E-state index contributed by atoms with van der Waals surface area (Å²) in [5.41, 5.74) is 1.80. The van der Waals surface area contributed by atoms with Gasteiger partial charge >= 0.3 is 12.2 Å². The second kappa shape index (κ2) is 14.3. The molecular weight excluding hydrogens is 789 g/mol. The summed E-state index contributed by atoms with van der Waals surface area (Å²) in [6.45, 7) is 12.4. The van der Waals surface area contributed by atoms with E-state index in [-0.39, 0.29) is 17.1 Å². The topological polar surface area (TPSA) is 141 Å². The molecule has 1 saturated carbocycles. The van der Waals surface area contributed by atoms with Gasteiger partial charge in [0.1, 0.15) is 29.8 Å². The standard InChI is InChI=1S/C48H48N4O8Si/c1-46(2,3)59-45(56)52-39-25-29(36-27-48(36)35-26-30(57-7)22-24-38(35)51(43(48)53)44(54)55)21-23-33(39)42(50-52)49-37-20-14-19-34-40(28-58-41(34)37)60-61(47(4,5)6,31-15-10-8-11-16-31)32-17-12-9-13-18-32/h8-26,36,40H,27-28H2,1-7H3,(H,49,50)(H,54,55)/t36-,40?,48-/m0/s1. The van der Waals surface area contributed by atoms with E-state index in [4.69, 9.17) is 23.7 Å². The Balaban J connectivity index is 1.09. The minimum absolute atomic E-state index is 0.238. The molecule has 61 heavy (non-hydrogen) atoms. The molecule has 9 rings (SSSR count). The molecule has 2 aliphatic heterocycles. The number of fused-ring (bicyclic) bond motifs is 4. The number of imide groups is 1. The van der Waals surface area contributed by atoms with Gasteiger partial charge in [0, 0.05) is 16.9 Å². The molecule has 13 heteroatoms. The second-order valence-corrected chi connectivity index (χ2v) is 22.2. The van der Waals surface area contributed by atoms with Crippen LogP contribution in [-0.2, 0) is 19.4 Å². The quantitative estimate of drug-likeness (QED) is 0.143. The molecule has 3 heterocycles. The maximum Gasteiger partial charge on any atom is 0.435 e. The number of carbonyl (C=O) groups is 3. The maximum absolute atomic E-state index is 13.9. The number of carbonyl (C=O) groups excluding carboxylic acids is 2. The van der Waals surface area contributed by atoms with Gasteiger partial charge in [-0.3, -0.25) is 4.79 Å². The number of aromatic nitrogens is 2. The van der Waals surface area contributed by atoms with E-state index < -0.39 is 37.4 Å². The molecule has 1 aromatic heterocycles. The fraction of sp³-hybridized carbons (Fsp3) is 0.292. The van der Waals surface area contributed by atoms with Gasteiger partial charge in [-0.2, -0.15) is 4.68 Å². The molecule has 1 fully saturated rings. The molecule has 1 aliphatic carbocycles. The van der Waals surface area contributed by atoms with Crippen molar-refractivity contribution < 1.29 is 38.1 Å². The van der Waals surface area contributed by atoms with Crippen molar-refractivity contribution in [1.29, 1.82) is 0 Å². The van der Waals surface area contributed by atoms with Gasteiger partial charge in [-0.25, -0.2) is 14.5 Å². The molecule has 0 radical (unpaired) electrons. The average Bonchev–Trinajstić information content (AvgIpc) is 3.57. The number of hydrogen-bond acceptors (Lipinski definition) is 9. The summed E-state index contributed by atoms with van der Waals surface area (Å²) < 4.78 is 26.5. The summed E-state index contributed by atoms with van der Waals surface area (Å²) in [7, 11) is -1.40. The van der Waals surface area contributed by atoms with Crippen LogP contribution in [0.5, 0.6) is 11.5 Å². The lowest BCUT2D eigenvalue weighted by Gasteiger charge is -2.44. The van der Waals surface area contributed by atoms with Gasteiger partial charge in [-0.15, -0.1) is 5.10 Å². The largest absolute Gasteiger partial charge is 0.497 e. The van der Waals surface area contributed by atoms with Gasteiger partial charge in [0.05, 0.1) is 29.4 Å². The van der Waals surface area contributed by atoms with Gasteiger partial charge in [-0.05, 0) is 90.1 Å². The highest BCUT2D eigenvalue weighted by molar-refractivity contribution is 6.99. The molecule has 1 unspecified atom stereocenters. The Morgan fingerprint density at radius 1 is 0.885 bits per heavy atom. The third kappa shape index (κ3) is 6.45. The number of nitrogens with zero attached hydrogens (tertiary/aromatic N) is 3. The van der Waals surface area contributed by atoms with Crippen molar-refractivity contribution in [2.45, 2.75) is 76.0 Å². The van der Waals surface area contributed by atoms with Crippen LogP contribution in [-0.4, -0.2) is 60.6 Å². The van der Waals surface area contributed by atoms with E-state index in [9.17, 15) is 19.5 Å². The van der Waals surface area contributed by atoms with Gasteiger partial charge in [-0.1, -0.05) is 99.6 Å². The van der Waals surface area contributed by atoms with Crippen LogP contribution in [0.25, 0.3) is 10.9 Å². The predicted octanol–water partition coefficient (Wildman–Crippen LogP) is 9.03. The number of amides is 2. The van der Waals surface area contributed by atoms with Crippen molar-refractivity contribution in [2.24, 2.45) is 0 Å². The number of hydrogen-bond donors (Lipinski definition) is 2. The Bertz CT molecular complexity index is 2680. The third-order valence-corrected chi connectivity index (χ3v) is 17.1. The smallest absolute Gasteiger partial charge is 0.435 e. The first-order valence-electron chi connectivity index (χ1n) is 20.4. The molecule has 2 N–H and O–H groups in total. The molecule has 6 aromatic rings. The molecule has 3 aliphatic rings. The first-order valence-corrected chi connectivity index (χ1v) is 22.3. The second-order valence-electron chi connectivity index (χ2n) is 18.0. The fourth-order valence-electron chi connectivity index (χ4n) is 9.34. The maximum atomic E-state index is 13.9. The Morgan fingerprint density at radius 2 is 1.57 bits per heavy atom. The number of para-hydroxylation sites is 1. The number of anilines is 3. The average molecular weight is 837 g/mol. The van der Waals surface area contributed by atoms with Gasteiger partial charge in [0.25, 0.3) is 8.32 Å². The van der Waals surface area contributed by atoms with Crippen LogP contribution in [0.4, 0.5) is 26.8 Å². The first-order chi connectivity index (χ1) is 29.1. The van der Waals surface area contributed by atoms with Crippen LogP contribution in [0.1, 0.15) is 76.7 Å². The Morgan fingerprint density at radius 3 is 2.20 bits per heavy atom. The molecule has 5 aromatic carbocycles. The summed E-state index contributed by atoms with van der Waals surface area (Å²) >= 11 is 0. The van der Waals surface area contributed by atoms with Crippen LogP contribution in [0.3, 0.4) is 0 Å². The van der Waals surface area contributed by atoms with E-state index in [0.717, 1.165) is 16.0 Å². The molecule has 0 saturated heterocycles. The van der Waals surface area contributed by atoms with Crippen LogP contribution >= 0.6 is 0 Å². The summed E-state index contributed by atoms with van der Waals surface area (Å²) in [5.74, 6) is 0.687. The minimum Gasteiger partial charge on any atom is -0.497 e. The van der Waals surface area contributed by atoms with Crippen molar-refractivity contribution in [3.05, 3.63) is 132 Å². The molecule has 12 nitrogen and oxygen atoms in total. The summed E-state index contributed by atoms with van der Waals surface area (Å²) in [6.07, 6.45) is -2.00. The van der Waals surface area contributed by atoms with E-state index in [1.54, 1.807) is 39.0 Å².